The summed E-state index contributed by atoms with van der Waals surface area (Å²) in [6, 6.07) is 8.28. The normalized spacial score (nSPS) is 10.1. The van der Waals surface area contributed by atoms with E-state index in [4.69, 9.17) is 18.0 Å². The Hall–Kier alpha value is -2.01. The number of nitrogens with one attached hydrogen (secondary N) is 1. The van der Waals surface area contributed by atoms with E-state index in [-0.39, 0.29) is 4.99 Å². The summed E-state index contributed by atoms with van der Waals surface area (Å²) in [5.74, 6) is 0.616. The van der Waals surface area contributed by atoms with Crippen molar-refractivity contribution in [2.45, 2.75) is 13.5 Å². The maximum absolute atomic E-state index is 5.59. The van der Waals surface area contributed by atoms with Gasteiger partial charge in [0.2, 0.25) is 0 Å². The number of hydrogen-bond acceptors (Lipinski definition) is 4. The number of aromatic nitrogens is 2. The Kier molecular flexibility index (Phi) is 3.84. The summed E-state index contributed by atoms with van der Waals surface area (Å²) in [7, 11) is 0. The van der Waals surface area contributed by atoms with E-state index in [0.29, 0.717) is 18.1 Å². The van der Waals surface area contributed by atoms with Crippen LogP contribution >= 0.6 is 12.2 Å². The molecular weight excluding hydrogens is 244 g/mol. The zero-order valence-electron chi connectivity index (χ0n) is 10.1. The van der Waals surface area contributed by atoms with Crippen LogP contribution in [-0.4, -0.2) is 15.0 Å². The van der Waals surface area contributed by atoms with Crippen LogP contribution in [0.2, 0.25) is 0 Å². The molecule has 5 heteroatoms. The molecule has 0 unspecified atom stereocenters. The van der Waals surface area contributed by atoms with Gasteiger partial charge in [-0.2, -0.15) is 0 Å². The van der Waals surface area contributed by atoms with Crippen molar-refractivity contribution in [3.8, 4) is 0 Å². The van der Waals surface area contributed by atoms with Crippen LogP contribution in [-0.2, 0) is 6.54 Å². The molecule has 18 heavy (non-hydrogen) atoms. The number of rotatable bonds is 4. The van der Waals surface area contributed by atoms with E-state index in [9.17, 15) is 0 Å². The van der Waals surface area contributed by atoms with Gasteiger partial charge in [0.1, 0.15) is 10.7 Å². The molecule has 0 atom stereocenters. The fourth-order valence-corrected chi connectivity index (χ4v) is 1.69. The second-order valence-electron chi connectivity index (χ2n) is 3.96. The molecule has 4 nitrogen and oxygen atoms in total. The predicted octanol–water partition coefficient (Wildman–Crippen LogP) is 2.03. The Labute approximate surface area is 111 Å². The van der Waals surface area contributed by atoms with E-state index in [0.717, 1.165) is 0 Å². The molecule has 0 aliphatic rings. The Morgan fingerprint density at radius 1 is 1.22 bits per heavy atom. The molecule has 1 aromatic carbocycles. The monoisotopic (exact) mass is 258 g/mol. The molecular formula is C13H14N4S. The van der Waals surface area contributed by atoms with Crippen LogP contribution < -0.4 is 11.1 Å². The molecule has 0 saturated carbocycles. The summed E-state index contributed by atoms with van der Waals surface area (Å²) in [6.07, 6.45) is 3.19. The van der Waals surface area contributed by atoms with Crippen molar-refractivity contribution in [3.63, 3.8) is 0 Å². The summed E-state index contributed by atoms with van der Waals surface area (Å²) in [5, 5.41) is 3.19. The van der Waals surface area contributed by atoms with Gasteiger partial charge in [-0.25, -0.2) is 9.97 Å². The Morgan fingerprint density at radius 2 is 1.89 bits per heavy atom. The fourth-order valence-electron chi connectivity index (χ4n) is 1.54. The smallest absolute Gasteiger partial charge is 0.155 e. The fraction of sp³-hybridized carbons (Fsp3) is 0.154. The molecule has 0 aliphatic heterocycles. The first-order valence-electron chi connectivity index (χ1n) is 5.57. The molecule has 0 amide bonds. The second kappa shape index (κ2) is 5.55. The van der Waals surface area contributed by atoms with Crippen LogP contribution in [0.15, 0.2) is 36.7 Å². The van der Waals surface area contributed by atoms with Gasteiger partial charge in [-0.15, -0.1) is 0 Å². The third-order valence-corrected chi connectivity index (χ3v) is 2.71. The maximum atomic E-state index is 5.59. The van der Waals surface area contributed by atoms with E-state index in [1.54, 1.807) is 12.4 Å². The highest BCUT2D eigenvalue weighted by molar-refractivity contribution is 7.80. The number of nitrogens with zero attached hydrogens (tertiary/aromatic N) is 2. The lowest BCUT2D eigenvalue weighted by Crippen LogP contribution is -2.16. The van der Waals surface area contributed by atoms with Crippen molar-refractivity contribution in [3.05, 3.63) is 53.5 Å². The van der Waals surface area contributed by atoms with Gasteiger partial charge in [0.15, 0.2) is 5.82 Å². The lowest BCUT2D eigenvalue weighted by atomic mass is 10.1. The van der Waals surface area contributed by atoms with Gasteiger partial charge >= 0.3 is 0 Å². The zero-order valence-corrected chi connectivity index (χ0v) is 10.9. The molecule has 0 saturated heterocycles. The molecule has 0 aliphatic carbocycles. The minimum atomic E-state index is 0.245. The van der Waals surface area contributed by atoms with Gasteiger partial charge < -0.3 is 11.1 Å². The summed E-state index contributed by atoms with van der Waals surface area (Å²) < 4.78 is 0. The van der Waals surface area contributed by atoms with Crippen molar-refractivity contribution in [1.82, 2.24) is 9.97 Å². The second-order valence-corrected chi connectivity index (χ2v) is 4.40. The molecule has 0 bridgehead atoms. The van der Waals surface area contributed by atoms with Crippen LogP contribution in [0.4, 0.5) is 5.82 Å². The van der Waals surface area contributed by atoms with Gasteiger partial charge in [-0.3, -0.25) is 0 Å². The molecule has 0 fully saturated rings. The predicted molar refractivity (Wildman–Crippen MR) is 76.4 cm³/mol. The SMILES string of the molecule is Cc1ccc(CNc2nccnc2C(N)=S)cc1. The van der Waals surface area contributed by atoms with Gasteiger partial charge in [0.05, 0.1) is 0 Å². The van der Waals surface area contributed by atoms with Gasteiger partial charge in [-0.05, 0) is 12.5 Å². The van der Waals surface area contributed by atoms with Crippen LogP contribution in [0.25, 0.3) is 0 Å². The van der Waals surface area contributed by atoms with Gasteiger partial charge in [0.25, 0.3) is 0 Å². The van der Waals surface area contributed by atoms with Crippen LogP contribution in [0.1, 0.15) is 16.8 Å². The average Bonchev–Trinajstić information content (AvgIpc) is 2.38. The summed E-state index contributed by atoms with van der Waals surface area (Å²) >= 11 is 4.93. The van der Waals surface area contributed by atoms with E-state index in [2.05, 4.69) is 46.5 Å². The molecule has 3 N–H and O–H groups in total. The van der Waals surface area contributed by atoms with Crippen molar-refractivity contribution < 1.29 is 0 Å². The number of benzene rings is 1. The minimum Gasteiger partial charge on any atom is -0.388 e. The van der Waals surface area contributed by atoms with Crippen molar-refractivity contribution in [2.24, 2.45) is 5.73 Å². The van der Waals surface area contributed by atoms with E-state index in [1.807, 2.05) is 0 Å². The molecule has 2 aromatic rings. The van der Waals surface area contributed by atoms with E-state index >= 15 is 0 Å². The van der Waals surface area contributed by atoms with Gasteiger partial charge in [-0.1, -0.05) is 42.0 Å². The lowest BCUT2D eigenvalue weighted by Gasteiger charge is -2.09. The molecule has 1 heterocycles. The molecule has 0 radical (unpaired) electrons. The maximum Gasteiger partial charge on any atom is 0.155 e. The number of thiocarbonyl (C=S) groups is 1. The van der Waals surface area contributed by atoms with E-state index < -0.39 is 0 Å². The van der Waals surface area contributed by atoms with Crippen LogP contribution in [0.5, 0.6) is 0 Å². The Bertz CT molecular complexity index is 551. The quantitative estimate of drug-likeness (QED) is 0.822. The number of aryl methyl sites for hydroxylation is 1. The summed E-state index contributed by atoms with van der Waals surface area (Å²) in [5.41, 5.74) is 8.52. The molecule has 0 spiro atoms. The largest absolute Gasteiger partial charge is 0.388 e. The average molecular weight is 258 g/mol. The molecule has 1 aromatic heterocycles. The molecule has 92 valence electrons. The highest BCUT2D eigenvalue weighted by Crippen LogP contribution is 2.10. The topological polar surface area (TPSA) is 63.8 Å². The highest BCUT2D eigenvalue weighted by atomic mass is 32.1. The third-order valence-electron chi connectivity index (χ3n) is 2.51. The van der Waals surface area contributed by atoms with Crippen LogP contribution in [0.3, 0.4) is 0 Å². The minimum absolute atomic E-state index is 0.245. The van der Waals surface area contributed by atoms with Crippen molar-refractivity contribution in [2.75, 3.05) is 5.32 Å². The van der Waals surface area contributed by atoms with Crippen molar-refractivity contribution >= 4 is 23.0 Å². The number of hydrogen-bond donors (Lipinski definition) is 2. The first-order chi connectivity index (χ1) is 8.66. The Balaban J connectivity index is 2.10. The standard InChI is InChI=1S/C13H14N4S/c1-9-2-4-10(5-3-9)8-17-13-11(12(14)18)15-6-7-16-13/h2-7H,8H2,1H3,(H2,14,18)(H,16,17). The zero-order chi connectivity index (χ0) is 13.0. The number of anilines is 1. The summed E-state index contributed by atoms with van der Waals surface area (Å²) in [6.45, 7) is 2.72. The van der Waals surface area contributed by atoms with Crippen LogP contribution in [0, 0.1) is 6.92 Å². The third kappa shape index (κ3) is 3.01. The highest BCUT2D eigenvalue weighted by Gasteiger charge is 2.06. The first-order valence-corrected chi connectivity index (χ1v) is 5.98. The number of nitrogens with two attached hydrogens (primary N) is 1. The molecule has 2 rings (SSSR count). The van der Waals surface area contributed by atoms with Crippen molar-refractivity contribution in [1.29, 1.82) is 0 Å². The van der Waals surface area contributed by atoms with E-state index in [1.165, 1.54) is 11.1 Å². The van der Waals surface area contributed by atoms with Gasteiger partial charge in [0, 0.05) is 18.9 Å². The Morgan fingerprint density at radius 3 is 2.56 bits per heavy atom. The summed E-state index contributed by atoms with van der Waals surface area (Å²) in [4.78, 5) is 8.55. The lowest BCUT2D eigenvalue weighted by molar-refractivity contribution is 1.08. The first kappa shape index (κ1) is 12.4.